The minimum Gasteiger partial charge on any atom is -0.305 e. The molecule has 0 radical (unpaired) electrons. The van der Waals surface area contributed by atoms with Crippen LogP contribution in [0.25, 0.3) is 113 Å². The largest absolute Gasteiger partial charge is 0.305 e. The van der Waals surface area contributed by atoms with Gasteiger partial charge in [0.05, 0.1) is 56.8 Å². The summed E-state index contributed by atoms with van der Waals surface area (Å²) >= 11 is 0. The van der Waals surface area contributed by atoms with Crippen LogP contribution >= 0.6 is 0 Å². The van der Waals surface area contributed by atoms with Crippen molar-refractivity contribution < 1.29 is 0 Å². The number of benzene rings is 11. The van der Waals surface area contributed by atoms with Gasteiger partial charge >= 0.3 is 0 Å². The highest BCUT2D eigenvalue weighted by molar-refractivity contribution is 6.12. The van der Waals surface area contributed by atoms with E-state index >= 15 is 0 Å². The molecule has 0 spiro atoms. The van der Waals surface area contributed by atoms with E-state index in [-0.39, 0.29) is 0 Å². The molecule has 404 valence electrons. The molecule has 11 aromatic carbocycles. The van der Waals surface area contributed by atoms with E-state index in [4.69, 9.17) is 34.9 Å². The third kappa shape index (κ3) is 9.70. The molecule has 0 amide bonds. The summed E-state index contributed by atoms with van der Waals surface area (Å²) in [5.74, 6) is 2.71. The minimum atomic E-state index is 0.472. The first-order valence-corrected chi connectivity index (χ1v) is 28.6. The predicted octanol–water partition coefficient (Wildman–Crippen LogP) is 19.4. The van der Waals surface area contributed by atoms with Gasteiger partial charge in [-0.2, -0.15) is 9.97 Å². The average Bonchev–Trinajstić information content (AvgIpc) is 0.858. The summed E-state index contributed by atoms with van der Waals surface area (Å²) in [5, 5.41) is 0. The fourth-order valence-electron chi connectivity index (χ4n) is 11.5. The maximum Gasteiger partial charge on any atom is 0.238 e. The summed E-state index contributed by atoms with van der Waals surface area (Å²) in [4.78, 5) is 42.9. The van der Waals surface area contributed by atoms with Gasteiger partial charge < -0.3 is 4.90 Å². The number of nitrogens with zero attached hydrogens (tertiary/aromatic N) is 9. The number of fused-ring (bicyclic) bond motifs is 2. The second-order valence-corrected chi connectivity index (χ2v) is 20.9. The molecule has 1 aliphatic rings. The third-order valence-corrected chi connectivity index (χ3v) is 15.5. The van der Waals surface area contributed by atoms with Gasteiger partial charge in [-0.25, -0.2) is 24.9 Å². The Bertz CT molecular complexity index is 4510. The fraction of sp³-hybridized carbons (Fsp3) is 0. The van der Waals surface area contributed by atoms with Gasteiger partial charge in [0.15, 0.2) is 23.3 Å². The van der Waals surface area contributed by atoms with E-state index in [1.165, 1.54) is 0 Å². The SMILES string of the molecule is c1ccc(-c2cc(-c3cc(-c4ccccc4)c(N4c5ccccc5N(c5nc(-c6ccccc6)nc(-c6ccccc6)n5)c5ccccc54)c(-c4nc(-c5ccccc5)cc(-c5ccccc5)n4)c3-c3ccccc3)nc(-c3ccccc3)n2)cc1. The number of aromatic nitrogens is 7. The quantitative estimate of drug-likeness (QED) is 0.118. The summed E-state index contributed by atoms with van der Waals surface area (Å²) < 4.78 is 0. The topological polar surface area (TPSA) is 96.7 Å². The van der Waals surface area contributed by atoms with Gasteiger partial charge in [-0.1, -0.05) is 267 Å². The molecule has 0 fully saturated rings. The van der Waals surface area contributed by atoms with Gasteiger partial charge in [-0.15, -0.1) is 0 Å². The predicted molar refractivity (Wildman–Crippen MR) is 348 cm³/mol. The zero-order chi connectivity index (χ0) is 57.2. The standard InChI is InChI=1S/C77H51N9/c1-9-29-52(30-10-1)60-49-61(65-51-64(55-35-15-4-16-36-55)78-73(81-65)57-39-19-6-20-40-57)70(56-37-17-5-18-38-56)71(76-79-62(53-31-11-2-12-32-53)50-63(80-76)54-33-13-3-14-34-54)72(60)85-66-45-25-27-47-68(66)86(69-48-28-26-46-67(69)85)77-83-74(58-41-21-7-22-42-58)82-75(84-77)59-43-23-8-24-44-59/h1-51H. The van der Waals surface area contributed by atoms with Crippen LogP contribution in [0.15, 0.2) is 309 Å². The second-order valence-electron chi connectivity index (χ2n) is 20.9. The Hall–Kier alpha value is -11.8. The molecule has 9 nitrogen and oxygen atoms in total. The second kappa shape index (κ2) is 22.5. The van der Waals surface area contributed by atoms with E-state index in [0.29, 0.717) is 29.2 Å². The Morgan fingerprint density at radius 3 is 0.907 bits per heavy atom. The normalized spacial score (nSPS) is 11.7. The Morgan fingerprint density at radius 2 is 0.500 bits per heavy atom. The summed E-state index contributed by atoms with van der Waals surface area (Å²) in [6, 6.07) is 106. The van der Waals surface area contributed by atoms with Crippen LogP contribution in [0, 0.1) is 0 Å². The van der Waals surface area contributed by atoms with Crippen molar-refractivity contribution in [1.82, 2.24) is 34.9 Å². The molecule has 0 aliphatic carbocycles. The molecule has 0 atom stereocenters. The number of hydrogen-bond donors (Lipinski definition) is 0. The van der Waals surface area contributed by atoms with Crippen molar-refractivity contribution >= 4 is 34.4 Å². The number of para-hydroxylation sites is 4. The van der Waals surface area contributed by atoms with Crippen LogP contribution in [0.4, 0.5) is 34.4 Å². The molecule has 14 aromatic rings. The molecule has 0 N–H and O–H groups in total. The van der Waals surface area contributed by atoms with Gasteiger partial charge in [0.2, 0.25) is 5.95 Å². The van der Waals surface area contributed by atoms with Crippen molar-refractivity contribution in [3.05, 3.63) is 309 Å². The molecule has 1 aliphatic heterocycles. The molecule has 0 saturated carbocycles. The van der Waals surface area contributed by atoms with Crippen LogP contribution in [0.5, 0.6) is 0 Å². The fourth-order valence-corrected chi connectivity index (χ4v) is 11.5. The van der Waals surface area contributed by atoms with Gasteiger partial charge in [0, 0.05) is 50.1 Å². The number of hydrogen-bond acceptors (Lipinski definition) is 9. The Kier molecular flexibility index (Phi) is 13.4. The zero-order valence-corrected chi connectivity index (χ0v) is 46.5. The highest BCUT2D eigenvalue weighted by Crippen LogP contribution is 2.59. The molecule has 4 heterocycles. The lowest BCUT2D eigenvalue weighted by atomic mass is 9.85. The molecule has 0 unspecified atom stereocenters. The van der Waals surface area contributed by atoms with E-state index in [0.717, 1.165) is 118 Å². The van der Waals surface area contributed by atoms with Crippen LogP contribution < -0.4 is 9.80 Å². The lowest BCUT2D eigenvalue weighted by Gasteiger charge is -2.41. The van der Waals surface area contributed by atoms with E-state index < -0.39 is 0 Å². The van der Waals surface area contributed by atoms with Gasteiger partial charge in [0.25, 0.3) is 0 Å². The molecular formula is C77H51N9. The highest BCUT2D eigenvalue weighted by atomic mass is 15.3. The summed E-state index contributed by atoms with van der Waals surface area (Å²) in [7, 11) is 0. The maximum absolute atomic E-state index is 5.78. The molecule has 0 bridgehead atoms. The molecule has 3 aromatic heterocycles. The first-order valence-electron chi connectivity index (χ1n) is 28.6. The Labute approximate surface area is 498 Å². The van der Waals surface area contributed by atoms with Crippen molar-refractivity contribution in [2.75, 3.05) is 9.80 Å². The number of anilines is 6. The maximum atomic E-state index is 5.78. The third-order valence-electron chi connectivity index (χ3n) is 15.5. The van der Waals surface area contributed by atoms with Crippen molar-refractivity contribution in [1.29, 1.82) is 0 Å². The lowest BCUT2D eigenvalue weighted by Crippen LogP contribution is -2.26. The number of rotatable bonds is 12. The van der Waals surface area contributed by atoms with E-state index in [9.17, 15) is 0 Å². The van der Waals surface area contributed by atoms with Crippen molar-refractivity contribution in [2.24, 2.45) is 0 Å². The molecular weight excluding hydrogens is 1050 g/mol. The van der Waals surface area contributed by atoms with Crippen LogP contribution in [0.3, 0.4) is 0 Å². The van der Waals surface area contributed by atoms with Crippen LogP contribution in [0.1, 0.15) is 0 Å². The minimum absolute atomic E-state index is 0.472. The van der Waals surface area contributed by atoms with Crippen LogP contribution in [-0.4, -0.2) is 34.9 Å². The first-order chi connectivity index (χ1) is 42.7. The molecule has 15 rings (SSSR count). The molecule has 86 heavy (non-hydrogen) atoms. The van der Waals surface area contributed by atoms with Crippen LogP contribution in [-0.2, 0) is 0 Å². The van der Waals surface area contributed by atoms with Gasteiger partial charge in [-0.05, 0) is 53.6 Å². The first kappa shape index (κ1) is 51.1. The van der Waals surface area contributed by atoms with Crippen molar-refractivity contribution in [3.8, 4) is 113 Å². The van der Waals surface area contributed by atoms with Gasteiger partial charge in [-0.3, -0.25) is 4.90 Å². The molecule has 9 heteroatoms. The van der Waals surface area contributed by atoms with Crippen LogP contribution in [0.2, 0.25) is 0 Å². The Morgan fingerprint density at radius 1 is 0.198 bits per heavy atom. The van der Waals surface area contributed by atoms with E-state index in [2.05, 4.69) is 222 Å². The summed E-state index contributed by atoms with van der Waals surface area (Å²) in [5.41, 5.74) is 18.3. The Balaban J connectivity index is 1.09. The lowest BCUT2D eigenvalue weighted by molar-refractivity contribution is 1.01. The summed E-state index contributed by atoms with van der Waals surface area (Å²) in [6.07, 6.45) is 0. The van der Waals surface area contributed by atoms with Crippen molar-refractivity contribution in [2.45, 2.75) is 0 Å². The highest BCUT2D eigenvalue weighted by Gasteiger charge is 2.37. The average molecular weight is 1100 g/mol. The molecule has 0 saturated heterocycles. The zero-order valence-electron chi connectivity index (χ0n) is 46.5. The smallest absolute Gasteiger partial charge is 0.238 e. The summed E-state index contributed by atoms with van der Waals surface area (Å²) in [6.45, 7) is 0. The van der Waals surface area contributed by atoms with E-state index in [1.54, 1.807) is 0 Å². The van der Waals surface area contributed by atoms with Gasteiger partial charge in [0.1, 0.15) is 0 Å². The monoisotopic (exact) mass is 1100 g/mol. The van der Waals surface area contributed by atoms with E-state index in [1.807, 2.05) is 97.1 Å². The van der Waals surface area contributed by atoms with Crippen molar-refractivity contribution in [3.63, 3.8) is 0 Å².